The van der Waals surface area contributed by atoms with Crippen LogP contribution in [0.5, 0.6) is 0 Å². The third-order valence-electron chi connectivity index (χ3n) is 15.0. The molecule has 316 valence electrons. The highest BCUT2D eigenvalue weighted by Crippen LogP contribution is 2.66. The highest BCUT2D eigenvalue weighted by molar-refractivity contribution is 5.74. The van der Waals surface area contributed by atoms with Crippen molar-refractivity contribution in [3.05, 3.63) is 223 Å². The summed E-state index contributed by atoms with van der Waals surface area (Å²) < 4.78 is 0. The Hall–Kier alpha value is -7.74. The van der Waals surface area contributed by atoms with Gasteiger partial charge in [-0.05, 0) is 129 Å². The van der Waals surface area contributed by atoms with Gasteiger partial charge in [0.25, 0.3) is 0 Å². The standard InChI is InChI=1S/C62H48N4/c63-40-42-11-13-45(14-12-42)46-15-19-48(20-16-46)51-27-31-56(32-28-51)61-36-43-35-44(37-61)39-62(38-43,41-61)57-33-29-52(30-34-57)49-21-17-47(18-22-49)50-23-25-55(26-24-50)60-65-58(53-7-3-1-4-8-53)64-59(66-60)54-9-5-2-6-10-54/h1-34,43-44H,35-39,41H2. The number of nitrogens with zero attached hydrogens (tertiary/aromatic N) is 4. The van der Waals surface area contributed by atoms with E-state index >= 15 is 0 Å². The van der Waals surface area contributed by atoms with Gasteiger partial charge in [-0.3, -0.25) is 0 Å². The average Bonchev–Trinajstić information content (AvgIpc) is 3.39. The first-order chi connectivity index (χ1) is 32.5. The quantitative estimate of drug-likeness (QED) is 0.145. The van der Waals surface area contributed by atoms with Gasteiger partial charge in [-0.15, -0.1) is 0 Å². The van der Waals surface area contributed by atoms with Crippen molar-refractivity contribution in [1.82, 2.24) is 15.0 Å². The molecule has 0 spiro atoms. The summed E-state index contributed by atoms with van der Waals surface area (Å²) >= 11 is 0. The molecular weight excluding hydrogens is 801 g/mol. The van der Waals surface area contributed by atoms with Crippen molar-refractivity contribution in [1.29, 1.82) is 5.26 Å². The number of hydrogen-bond donors (Lipinski definition) is 0. The van der Waals surface area contributed by atoms with Crippen LogP contribution in [0, 0.1) is 23.2 Å². The first kappa shape index (κ1) is 39.8. The second-order valence-electron chi connectivity index (χ2n) is 19.1. The van der Waals surface area contributed by atoms with Gasteiger partial charge >= 0.3 is 0 Å². The van der Waals surface area contributed by atoms with Crippen LogP contribution in [0.15, 0.2) is 206 Å². The molecule has 13 rings (SSSR count). The summed E-state index contributed by atoms with van der Waals surface area (Å²) in [4.78, 5) is 14.7. The van der Waals surface area contributed by atoms with Gasteiger partial charge in [-0.1, -0.05) is 194 Å². The second-order valence-corrected chi connectivity index (χ2v) is 19.1. The maximum absolute atomic E-state index is 9.18. The number of rotatable bonds is 9. The minimum absolute atomic E-state index is 0.242. The zero-order valence-corrected chi connectivity index (χ0v) is 36.8. The molecule has 4 aliphatic carbocycles. The minimum Gasteiger partial charge on any atom is -0.208 e. The molecule has 0 saturated heterocycles. The molecule has 9 aromatic rings. The summed E-state index contributed by atoms with van der Waals surface area (Å²) in [6.45, 7) is 0. The molecule has 2 unspecified atom stereocenters. The third kappa shape index (κ3) is 7.41. The fourth-order valence-corrected chi connectivity index (χ4v) is 12.2. The Kier molecular flexibility index (Phi) is 9.87. The molecule has 8 aromatic carbocycles. The summed E-state index contributed by atoms with van der Waals surface area (Å²) in [5, 5.41) is 9.18. The van der Waals surface area contributed by atoms with Gasteiger partial charge in [0.1, 0.15) is 0 Å². The SMILES string of the molecule is N#Cc1ccc(-c2ccc(-c3ccc(C45CC6CC(C4)CC(c4ccc(-c7ccc(-c8ccc(-c9nc(-c%10ccccc%10)nc(-c%10ccccc%10)n9)cc8)cc7)cc4)(C6)C5)cc3)cc2)cc1. The fourth-order valence-electron chi connectivity index (χ4n) is 12.2. The van der Waals surface area contributed by atoms with E-state index in [1.165, 1.54) is 77.5 Å². The summed E-state index contributed by atoms with van der Waals surface area (Å²) in [5.74, 6) is 3.57. The Morgan fingerprint density at radius 2 is 0.606 bits per heavy atom. The molecule has 4 saturated carbocycles. The Morgan fingerprint density at radius 1 is 0.333 bits per heavy atom. The smallest absolute Gasteiger partial charge is 0.164 e. The van der Waals surface area contributed by atoms with Gasteiger partial charge in [0, 0.05) is 16.7 Å². The van der Waals surface area contributed by atoms with Crippen molar-refractivity contribution in [2.45, 2.75) is 49.4 Å². The third-order valence-corrected chi connectivity index (χ3v) is 15.0. The molecule has 4 aliphatic rings. The molecule has 66 heavy (non-hydrogen) atoms. The van der Waals surface area contributed by atoms with Crippen molar-refractivity contribution >= 4 is 0 Å². The molecule has 4 bridgehead atoms. The zero-order valence-electron chi connectivity index (χ0n) is 36.8. The monoisotopic (exact) mass is 848 g/mol. The molecule has 1 heterocycles. The maximum atomic E-state index is 9.18. The highest BCUT2D eigenvalue weighted by Gasteiger charge is 2.58. The molecular formula is C62H48N4. The van der Waals surface area contributed by atoms with Crippen LogP contribution in [0.2, 0.25) is 0 Å². The van der Waals surface area contributed by atoms with Gasteiger partial charge in [0.2, 0.25) is 0 Å². The van der Waals surface area contributed by atoms with Crippen molar-refractivity contribution < 1.29 is 0 Å². The van der Waals surface area contributed by atoms with E-state index in [1.807, 2.05) is 84.9 Å². The molecule has 4 fully saturated rings. The molecule has 0 amide bonds. The second kappa shape index (κ2) is 16.4. The lowest BCUT2D eigenvalue weighted by Crippen LogP contribution is -2.55. The first-order valence-corrected chi connectivity index (χ1v) is 23.4. The van der Waals surface area contributed by atoms with Crippen LogP contribution >= 0.6 is 0 Å². The Morgan fingerprint density at radius 3 is 0.924 bits per heavy atom. The topological polar surface area (TPSA) is 62.5 Å². The normalized spacial score (nSPS) is 20.5. The predicted molar refractivity (Wildman–Crippen MR) is 267 cm³/mol. The lowest BCUT2D eigenvalue weighted by Gasteiger charge is -2.63. The van der Waals surface area contributed by atoms with Gasteiger partial charge in [0.15, 0.2) is 17.5 Å². The molecule has 2 atom stereocenters. The van der Waals surface area contributed by atoms with Crippen LogP contribution in [0.4, 0.5) is 0 Å². The van der Waals surface area contributed by atoms with E-state index in [0.717, 1.165) is 45.2 Å². The van der Waals surface area contributed by atoms with Gasteiger partial charge < -0.3 is 0 Å². The summed E-state index contributed by atoms with van der Waals surface area (Å²) in [6, 6.07) is 75.9. The van der Waals surface area contributed by atoms with Crippen LogP contribution in [-0.4, -0.2) is 15.0 Å². The predicted octanol–water partition coefficient (Wildman–Crippen LogP) is 15.2. The Labute approximate surface area is 387 Å². The van der Waals surface area contributed by atoms with E-state index in [4.69, 9.17) is 15.0 Å². The van der Waals surface area contributed by atoms with E-state index < -0.39 is 0 Å². The van der Waals surface area contributed by atoms with Crippen LogP contribution in [0.3, 0.4) is 0 Å². The molecule has 1 aromatic heterocycles. The summed E-state index contributed by atoms with van der Waals surface area (Å²) in [7, 11) is 0. The van der Waals surface area contributed by atoms with Gasteiger partial charge in [-0.2, -0.15) is 5.26 Å². The van der Waals surface area contributed by atoms with Crippen LogP contribution in [0.1, 0.15) is 55.2 Å². The Balaban J connectivity index is 0.749. The number of nitriles is 1. The van der Waals surface area contributed by atoms with Crippen molar-refractivity contribution in [3.8, 4) is 84.7 Å². The van der Waals surface area contributed by atoms with Crippen LogP contribution < -0.4 is 0 Å². The fraction of sp³-hybridized carbons (Fsp3) is 0.161. The first-order valence-electron chi connectivity index (χ1n) is 23.4. The van der Waals surface area contributed by atoms with E-state index in [0.29, 0.717) is 23.0 Å². The molecule has 0 N–H and O–H groups in total. The Bertz CT molecular complexity index is 3140. The lowest BCUT2D eigenvalue weighted by atomic mass is 9.41. The molecule has 4 nitrogen and oxygen atoms in total. The van der Waals surface area contributed by atoms with E-state index in [2.05, 4.69) is 127 Å². The summed E-state index contributed by atoms with van der Waals surface area (Å²) in [5.41, 5.74) is 16.7. The van der Waals surface area contributed by atoms with E-state index in [1.54, 1.807) is 0 Å². The van der Waals surface area contributed by atoms with Gasteiger partial charge in [0.05, 0.1) is 11.6 Å². The zero-order chi connectivity index (χ0) is 44.1. The number of benzene rings is 8. The van der Waals surface area contributed by atoms with E-state index in [-0.39, 0.29) is 10.8 Å². The average molecular weight is 849 g/mol. The largest absolute Gasteiger partial charge is 0.208 e. The number of hydrogen-bond acceptors (Lipinski definition) is 4. The van der Waals surface area contributed by atoms with Crippen molar-refractivity contribution in [2.24, 2.45) is 11.8 Å². The molecule has 4 heteroatoms. The van der Waals surface area contributed by atoms with Crippen LogP contribution in [0.25, 0.3) is 78.7 Å². The molecule has 0 radical (unpaired) electrons. The van der Waals surface area contributed by atoms with Crippen molar-refractivity contribution in [2.75, 3.05) is 0 Å². The lowest BCUT2D eigenvalue weighted by molar-refractivity contribution is -0.0281. The maximum Gasteiger partial charge on any atom is 0.164 e. The van der Waals surface area contributed by atoms with Crippen molar-refractivity contribution in [3.63, 3.8) is 0 Å². The van der Waals surface area contributed by atoms with Crippen LogP contribution in [-0.2, 0) is 10.8 Å². The van der Waals surface area contributed by atoms with Gasteiger partial charge in [-0.25, -0.2) is 15.0 Å². The number of aromatic nitrogens is 3. The summed E-state index contributed by atoms with van der Waals surface area (Å²) in [6.07, 6.45) is 7.91. The minimum atomic E-state index is 0.242. The highest BCUT2D eigenvalue weighted by atomic mass is 15.0. The molecule has 0 aliphatic heterocycles. The van der Waals surface area contributed by atoms with E-state index in [9.17, 15) is 5.26 Å².